The van der Waals surface area contributed by atoms with Gasteiger partial charge in [0.05, 0.1) is 0 Å². The normalized spacial score (nSPS) is 15.2. The third-order valence-corrected chi connectivity index (χ3v) is 7.58. The first-order valence-electron chi connectivity index (χ1n) is 14.4. The smallest absolute Gasteiger partial charge is 0.0445 e. The van der Waals surface area contributed by atoms with Gasteiger partial charge in [0.2, 0.25) is 0 Å². The molecular weight excluding hydrogens is 360 g/mol. The largest absolute Gasteiger partial charge is 0.0651 e. The van der Waals surface area contributed by atoms with Crippen molar-refractivity contribution < 1.29 is 0 Å². The van der Waals surface area contributed by atoms with E-state index >= 15 is 0 Å². The number of rotatable bonds is 20. The number of hydrogen-bond donors (Lipinski definition) is 0. The summed E-state index contributed by atoms with van der Waals surface area (Å²) in [4.78, 5) is 0. The highest BCUT2D eigenvalue weighted by molar-refractivity contribution is 4.55. The molecule has 0 N–H and O–H groups in total. The van der Waals surface area contributed by atoms with Crippen LogP contribution >= 0.6 is 0 Å². The summed E-state index contributed by atoms with van der Waals surface area (Å²) >= 11 is 0. The molecule has 0 aliphatic rings. The molecule has 0 saturated carbocycles. The Balaban J connectivity index is 0. The Hall–Kier alpha value is 0. The molecule has 0 fully saturated rings. The zero-order valence-corrected chi connectivity index (χ0v) is 23.0. The van der Waals surface area contributed by atoms with Crippen LogP contribution in [0.1, 0.15) is 171 Å². The average molecular weight is 425 g/mol. The maximum Gasteiger partial charge on any atom is -0.0445 e. The lowest BCUT2D eigenvalue weighted by atomic mass is 9.97. The van der Waals surface area contributed by atoms with Gasteiger partial charge in [0.1, 0.15) is 0 Å². The predicted octanol–water partition coefficient (Wildman–Crippen LogP) is 11.6. The summed E-state index contributed by atoms with van der Waals surface area (Å²) in [5.41, 5.74) is 0. The van der Waals surface area contributed by atoms with Crippen LogP contribution in [-0.4, -0.2) is 0 Å². The van der Waals surface area contributed by atoms with Gasteiger partial charge in [0.25, 0.3) is 0 Å². The molecule has 0 amide bonds. The van der Waals surface area contributed by atoms with Crippen molar-refractivity contribution in [1.29, 1.82) is 0 Å². The second-order valence-corrected chi connectivity index (χ2v) is 10.7. The molecule has 0 heteroatoms. The second kappa shape index (κ2) is 25.3. The van der Waals surface area contributed by atoms with E-state index in [4.69, 9.17) is 0 Å². The molecule has 0 spiro atoms. The summed E-state index contributed by atoms with van der Waals surface area (Å²) in [6, 6.07) is 0. The first kappa shape index (κ1) is 32.2. The Morgan fingerprint density at radius 2 is 0.467 bits per heavy atom. The molecule has 4 unspecified atom stereocenters. The van der Waals surface area contributed by atoms with E-state index in [9.17, 15) is 0 Å². The van der Waals surface area contributed by atoms with Gasteiger partial charge >= 0.3 is 0 Å². The van der Waals surface area contributed by atoms with Crippen molar-refractivity contribution in [2.75, 3.05) is 0 Å². The fourth-order valence-electron chi connectivity index (χ4n) is 3.85. The SMILES string of the molecule is CCC(C)CCCCCCC(C)CC.CCC(C)CCCCCCCCC(C)CC. The van der Waals surface area contributed by atoms with Crippen LogP contribution in [0, 0.1) is 23.7 Å². The Kier molecular flexibility index (Phi) is 27.1. The summed E-state index contributed by atoms with van der Waals surface area (Å²) in [6.07, 6.45) is 25.8. The van der Waals surface area contributed by atoms with Crippen LogP contribution < -0.4 is 0 Å². The van der Waals surface area contributed by atoms with Crippen LogP contribution in [-0.2, 0) is 0 Å². The van der Waals surface area contributed by atoms with E-state index < -0.39 is 0 Å². The maximum absolute atomic E-state index is 2.38. The van der Waals surface area contributed by atoms with E-state index in [0.717, 1.165) is 23.7 Å². The zero-order valence-electron chi connectivity index (χ0n) is 23.0. The van der Waals surface area contributed by atoms with E-state index in [2.05, 4.69) is 55.4 Å². The van der Waals surface area contributed by atoms with Gasteiger partial charge in [-0.1, -0.05) is 171 Å². The average Bonchev–Trinajstić information content (AvgIpc) is 2.77. The highest BCUT2D eigenvalue weighted by Gasteiger charge is 2.01. The molecular formula is C30H64. The van der Waals surface area contributed by atoms with E-state index in [1.807, 2.05) is 0 Å². The Labute approximate surface area is 194 Å². The third kappa shape index (κ3) is 26.0. The summed E-state index contributed by atoms with van der Waals surface area (Å²) in [5, 5.41) is 0. The lowest BCUT2D eigenvalue weighted by molar-refractivity contribution is 0.447. The minimum atomic E-state index is 0.949. The topological polar surface area (TPSA) is 0 Å². The Bertz CT molecular complexity index is 264. The van der Waals surface area contributed by atoms with Crippen molar-refractivity contribution in [1.82, 2.24) is 0 Å². The first-order valence-corrected chi connectivity index (χ1v) is 14.4. The van der Waals surface area contributed by atoms with Crippen LogP contribution in [0.15, 0.2) is 0 Å². The lowest BCUT2D eigenvalue weighted by Crippen LogP contribution is -1.93. The molecule has 4 atom stereocenters. The summed E-state index contributed by atoms with van der Waals surface area (Å²) in [5.74, 6) is 3.80. The maximum atomic E-state index is 2.38. The molecule has 0 aromatic carbocycles. The monoisotopic (exact) mass is 425 g/mol. The van der Waals surface area contributed by atoms with Crippen LogP contribution in [0.3, 0.4) is 0 Å². The summed E-state index contributed by atoms with van der Waals surface area (Å²) < 4.78 is 0. The highest BCUT2D eigenvalue weighted by Crippen LogP contribution is 2.17. The van der Waals surface area contributed by atoms with Gasteiger partial charge in [0.15, 0.2) is 0 Å². The molecule has 30 heavy (non-hydrogen) atoms. The zero-order chi connectivity index (χ0) is 23.0. The molecule has 0 aromatic heterocycles. The fourth-order valence-corrected chi connectivity index (χ4v) is 3.85. The van der Waals surface area contributed by atoms with E-state index in [-0.39, 0.29) is 0 Å². The Morgan fingerprint density at radius 1 is 0.300 bits per heavy atom. The predicted molar refractivity (Wildman–Crippen MR) is 142 cm³/mol. The van der Waals surface area contributed by atoms with Crippen molar-refractivity contribution in [3.05, 3.63) is 0 Å². The summed E-state index contributed by atoms with van der Waals surface area (Å²) in [7, 11) is 0. The van der Waals surface area contributed by atoms with Crippen molar-refractivity contribution in [3.8, 4) is 0 Å². The quantitative estimate of drug-likeness (QED) is 0.170. The van der Waals surface area contributed by atoms with Gasteiger partial charge < -0.3 is 0 Å². The number of unbranched alkanes of at least 4 members (excludes halogenated alkanes) is 8. The standard InChI is InChI=1S/C16H34.C14H30/c1-5-15(3)13-11-9-7-8-10-12-14-16(4)6-2;1-5-13(3)11-9-7-8-10-12-14(4)6-2/h15-16H,5-14H2,1-4H3;13-14H,5-12H2,1-4H3. The van der Waals surface area contributed by atoms with E-state index in [1.54, 1.807) is 0 Å². The molecule has 0 aromatic rings. The van der Waals surface area contributed by atoms with Crippen molar-refractivity contribution in [2.45, 2.75) is 171 Å². The number of hydrogen-bond acceptors (Lipinski definition) is 0. The molecule has 0 aliphatic carbocycles. The second-order valence-electron chi connectivity index (χ2n) is 10.7. The van der Waals surface area contributed by atoms with Crippen LogP contribution in [0.4, 0.5) is 0 Å². The Morgan fingerprint density at radius 3 is 0.633 bits per heavy atom. The van der Waals surface area contributed by atoms with Gasteiger partial charge in [0, 0.05) is 0 Å². The molecule has 0 rings (SSSR count). The van der Waals surface area contributed by atoms with Gasteiger partial charge in [-0.2, -0.15) is 0 Å². The van der Waals surface area contributed by atoms with E-state index in [0.29, 0.717) is 0 Å². The molecule has 0 heterocycles. The summed E-state index contributed by atoms with van der Waals surface area (Å²) in [6.45, 7) is 18.7. The van der Waals surface area contributed by atoms with E-state index in [1.165, 1.54) is 116 Å². The lowest BCUT2D eigenvalue weighted by Gasteiger charge is -2.09. The van der Waals surface area contributed by atoms with Crippen LogP contribution in [0.5, 0.6) is 0 Å². The molecule has 184 valence electrons. The first-order chi connectivity index (χ1) is 14.4. The molecule has 0 nitrogen and oxygen atoms in total. The highest BCUT2D eigenvalue weighted by atomic mass is 14.1. The van der Waals surface area contributed by atoms with Gasteiger partial charge in [-0.25, -0.2) is 0 Å². The minimum absolute atomic E-state index is 0.949. The molecule has 0 aliphatic heterocycles. The molecule has 0 radical (unpaired) electrons. The molecule has 0 bridgehead atoms. The van der Waals surface area contributed by atoms with Gasteiger partial charge in [-0.15, -0.1) is 0 Å². The third-order valence-electron chi connectivity index (χ3n) is 7.58. The van der Waals surface area contributed by atoms with Gasteiger partial charge in [-0.05, 0) is 23.7 Å². The molecule has 0 saturated heterocycles. The van der Waals surface area contributed by atoms with Crippen molar-refractivity contribution in [2.24, 2.45) is 23.7 Å². The van der Waals surface area contributed by atoms with Gasteiger partial charge in [-0.3, -0.25) is 0 Å². The fraction of sp³-hybridized carbons (Fsp3) is 1.00. The van der Waals surface area contributed by atoms with Crippen molar-refractivity contribution in [3.63, 3.8) is 0 Å². The minimum Gasteiger partial charge on any atom is -0.0651 e. The van der Waals surface area contributed by atoms with Crippen LogP contribution in [0.25, 0.3) is 0 Å². The van der Waals surface area contributed by atoms with Crippen molar-refractivity contribution >= 4 is 0 Å². The van der Waals surface area contributed by atoms with Crippen LogP contribution in [0.2, 0.25) is 0 Å².